The van der Waals surface area contributed by atoms with E-state index < -0.39 is 0 Å². The summed E-state index contributed by atoms with van der Waals surface area (Å²) in [5, 5.41) is 9.19. The number of hydrogen-bond acceptors (Lipinski definition) is 3. The maximum Gasteiger partial charge on any atom is 0.0969 e. The third-order valence-electron chi connectivity index (χ3n) is 1.72. The monoisotopic (exact) mass is 131 g/mol. The average molecular weight is 131 g/mol. The van der Waals surface area contributed by atoms with Gasteiger partial charge < -0.3 is 14.7 Å². The van der Waals surface area contributed by atoms with Gasteiger partial charge in [0, 0.05) is 20.2 Å². The fourth-order valence-electron chi connectivity index (χ4n) is 1.17. The topological polar surface area (TPSA) is 32.7 Å². The van der Waals surface area contributed by atoms with Crippen molar-refractivity contribution in [1.82, 2.24) is 4.90 Å². The van der Waals surface area contributed by atoms with E-state index in [1.807, 2.05) is 7.05 Å². The lowest BCUT2D eigenvalue weighted by Crippen LogP contribution is -2.25. The molecule has 0 aliphatic carbocycles. The molecule has 1 aliphatic heterocycles. The second-order valence-electron chi connectivity index (χ2n) is 2.56. The molecule has 0 bridgehead atoms. The molecule has 9 heavy (non-hydrogen) atoms. The second kappa shape index (κ2) is 2.64. The maximum atomic E-state index is 9.19. The van der Waals surface area contributed by atoms with Crippen LogP contribution in [0.2, 0.25) is 0 Å². The van der Waals surface area contributed by atoms with E-state index in [2.05, 4.69) is 4.90 Å². The molecule has 1 heterocycles. The molecule has 0 spiro atoms. The summed E-state index contributed by atoms with van der Waals surface area (Å²) in [5.41, 5.74) is 0. The van der Waals surface area contributed by atoms with Crippen LogP contribution < -0.4 is 0 Å². The molecule has 3 nitrogen and oxygen atoms in total. The van der Waals surface area contributed by atoms with Gasteiger partial charge in [0.25, 0.3) is 0 Å². The van der Waals surface area contributed by atoms with Crippen LogP contribution >= 0.6 is 0 Å². The molecule has 0 aromatic carbocycles. The van der Waals surface area contributed by atoms with Gasteiger partial charge in [0.2, 0.25) is 0 Å². The Labute approximate surface area is 55.2 Å². The lowest BCUT2D eigenvalue weighted by atomic mass is 10.3. The first-order valence-electron chi connectivity index (χ1n) is 3.13. The molecule has 0 amide bonds. The molecule has 0 aromatic rings. The summed E-state index contributed by atoms with van der Waals surface area (Å²) in [4.78, 5) is 2.05. The molecule has 1 saturated heterocycles. The Morgan fingerprint density at radius 2 is 2.22 bits per heavy atom. The van der Waals surface area contributed by atoms with Crippen molar-refractivity contribution in [3.05, 3.63) is 0 Å². The molecule has 1 aliphatic rings. The van der Waals surface area contributed by atoms with Crippen molar-refractivity contribution < 1.29 is 9.84 Å². The zero-order valence-electron chi connectivity index (χ0n) is 5.87. The van der Waals surface area contributed by atoms with Crippen molar-refractivity contribution in [3.8, 4) is 0 Å². The lowest BCUT2D eigenvalue weighted by Gasteiger charge is -2.09. The number of ether oxygens (including phenoxy) is 1. The summed E-state index contributed by atoms with van der Waals surface area (Å²) in [6.07, 6.45) is -0.269. The number of aliphatic hydroxyl groups excluding tert-OH is 1. The number of likely N-dealkylation sites (N-methyl/N-ethyl adjacent to an activating group) is 1. The summed E-state index contributed by atoms with van der Waals surface area (Å²) in [5.74, 6) is 0. The molecule has 0 unspecified atom stereocenters. The fraction of sp³-hybridized carbons (Fsp3) is 1.00. The average Bonchev–Trinajstić information content (AvgIpc) is 2.10. The van der Waals surface area contributed by atoms with Crippen LogP contribution in [0.15, 0.2) is 0 Å². The van der Waals surface area contributed by atoms with Crippen LogP contribution in [0.25, 0.3) is 0 Å². The zero-order valence-corrected chi connectivity index (χ0v) is 5.87. The largest absolute Gasteiger partial charge is 0.389 e. The summed E-state index contributed by atoms with van der Waals surface area (Å²) in [7, 11) is 3.61. The molecule has 1 rings (SSSR count). The van der Waals surface area contributed by atoms with Crippen LogP contribution in [-0.2, 0) is 4.74 Å². The van der Waals surface area contributed by atoms with Crippen molar-refractivity contribution in [2.24, 2.45) is 0 Å². The second-order valence-corrected chi connectivity index (χ2v) is 2.56. The summed E-state index contributed by atoms with van der Waals surface area (Å²) >= 11 is 0. The third-order valence-corrected chi connectivity index (χ3v) is 1.72. The van der Waals surface area contributed by atoms with Crippen molar-refractivity contribution in [2.45, 2.75) is 12.2 Å². The smallest absolute Gasteiger partial charge is 0.0969 e. The summed E-state index contributed by atoms with van der Waals surface area (Å²) in [6.45, 7) is 1.58. The molecule has 0 aromatic heterocycles. The van der Waals surface area contributed by atoms with Gasteiger partial charge in [-0.25, -0.2) is 0 Å². The van der Waals surface area contributed by atoms with Crippen LogP contribution in [0.1, 0.15) is 0 Å². The van der Waals surface area contributed by atoms with Gasteiger partial charge in [-0.3, -0.25) is 0 Å². The number of rotatable bonds is 1. The molecule has 3 heteroatoms. The lowest BCUT2D eigenvalue weighted by molar-refractivity contribution is 0.0215. The standard InChI is InChI=1S/C6H13NO2/c1-7-3-5(8)6(4-7)9-2/h5-6,8H,3-4H2,1-2H3/t5-,6-/m0/s1. The van der Waals surface area contributed by atoms with Gasteiger partial charge in [0.15, 0.2) is 0 Å². The van der Waals surface area contributed by atoms with Gasteiger partial charge in [0.1, 0.15) is 0 Å². The van der Waals surface area contributed by atoms with E-state index in [1.165, 1.54) is 0 Å². The van der Waals surface area contributed by atoms with Crippen LogP contribution in [0.4, 0.5) is 0 Å². The number of nitrogens with zero attached hydrogens (tertiary/aromatic N) is 1. The van der Waals surface area contributed by atoms with E-state index in [-0.39, 0.29) is 12.2 Å². The van der Waals surface area contributed by atoms with Crippen molar-refractivity contribution in [2.75, 3.05) is 27.2 Å². The van der Waals surface area contributed by atoms with Crippen LogP contribution in [0, 0.1) is 0 Å². The van der Waals surface area contributed by atoms with Gasteiger partial charge in [-0.1, -0.05) is 0 Å². The first-order valence-corrected chi connectivity index (χ1v) is 3.13. The number of aliphatic hydroxyl groups is 1. The summed E-state index contributed by atoms with van der Waals surface area (Å²) in [6, 6.07) is 0. The van der Waals surface area contributed by atoms with E-state index in [0.717, 1.165) is 13.1 Å². The Hall–Kier alpha value is -0.120. The molecular weight excluding hydrogens is 118 g/mol. The van der Waals surface area contributed by atoms with Crippen molar-refractivity contribution >= 4 is 0 Å². The van der Waals surface area contributed by atoms with E-state index in [1.54, 1.807) is 7.11 Å². The van der Waals surface area contributed by atoms with Crippen LogP contribution in [0.3, 0.4) is 0 Å². The molecule has 54 valence electrons. The third kappa shape index (κ3) is 1.41. The zero-order chi connectivity index (χ0) is 6.85. The predicted molar refractivity (Wildman–Crippen MR) is 34.3 cm³/mol. The molecule has 2 atom stereocenters. The van der Waals surface area contributed by atoms with Crippen LogP contribution in [0.5, 0.6) is 0 Å². The van der Waals surface area contributed by atoms with Gasteiger partial charge in [0.05, 0.1) is 12.2 Å². The quantitative estimate of drug-likeness (QED) is 0.511. The molecular formula is C6H13NO2. The Kier molecular flexibility index (Phi) is 2.05. The van der Waals surface area contributed by atoms with E-state index in [0.29, 0.717) is 0 Å². The highest BCUT2D eigenvalue weighted by Crippen LogP contribution is 2.09. The van der Waals surface area contributed by atoms with Crippen molar-refractivity contribution in [1.29, 1.82) is 0 Å². The Morgan fingerprint density at radius 1 is 1.56 bits per heavy atom. The number of hydrogen-bond donors (Lipinski definition) is 1. The minimum Gasteiger partial charge on any atom is -0.389 e. The van der Waals surface area contributed by atoms with Gasteiger partial charge in [-0.15, -0.1) is 0 Å². The van der Waals surface area contributed by atoms with E-state index in [9.17, 15) is 5.11 Å². The normalized spacial score (nSPS) is 37.7. The molecule has 0 radical (unpaired) electrons. The maximum absolute atomic E-state index is 9.19. The highest BCUT2D eigenvalue weighted by atomic mass is 16.5. The Bertz CT molecular complexity index is 97.1. The highest BCUT2D eigenvalue weighted by molar-refractivity contribution is 4.81. The number of methoxy groups -OCH3 is 1. The Morgan fingerprint density at radius 3 is 2.44 bits per heavy atom. The minimum absolute atomic E-state index is 0.0231. The molecule has 1 N–H and O–H groups in total. The van der Waals surface area contributed by atoms with Gasteiger partial charge >= 0.3 is 0 Å². The predicted octanol–water partition coefficient (Wildman–Crippen LogP) is -0.692. The fourth-order valence-corrected chi connectivity index (χ4v) is 1.17. The Balaban J connectivity index is 2.38. The van der Waals surface area contributed by atoms with Crippen LogP contribution in [-0.4, -0.2) is 49.5 Å². The SMILES string of the molecule is CO[C@H]1CN(C)C[C@@H]1O. The van der Waals surface area contributed by atoms with Crippen molar-refractivity contribution in [3.63, 3.8) is 0 Å². The minimum atomic E-state index is -0.292. The van der Waals surface area contributed by atoms with Gasteiger partial charge in [-0.2, -0.15) is 0 Å². The summed E-state index contributed by atoms with van der Waals surface area (Å²) < 4.78 is 5.00. The first-order chi connectivity index (χ1) is 4.24. The molecule has 1 fully saturated rings. The molecule has 0 saturated carbocycles. The highest BCUT2D eigenvalue weighted by Gasteiger charge is 2.28. The number of β-amino-alcohol motifs (C(OH)–C–C–N with tert-alkyl or cyclic N) is 1. The first kappa shape index (κ1) is 6.99. The van der Waals surface area contributed by atoms with E-state index in [4.69, 9.17) is 4.74 Å². The van der Waals surface area contributed by atoms with Gasteiger partial charge in [-0.05, 0) is 7.05 Å². The number of likely N-dealkylation sites (tertiary alicyclic amines) is 1. The van der Waals surface area contributed by atoms with E-state index >= 15 is 0 Å².